The summed E-state index contributed by atoms with van der Waals surface area (Å²) in [6.07, 6.45) is 1.28. The number of carboxylic acid groups (broad SMARTS) is 1. The van der Waals surface area contributed by atoms with Crippen molar-refractivity contribution in [1.29, 1.82) is 0 Å². The molecule has 1 heterocycles. The van der Waals surface area contributed by atoms with Gasteiger partial charge in [0.15, 0.2) is 5.78 Å². The van der Waals surface area contributed by atoms with Gasteiger partial charge in [-0.15, -0.1) is 0 Å². The molecule has 9 heteroatoms. The van der Waals surface area contributed by atoms with Crippen molar-refractivity contribution >= 4 is 33.3 Å². The number of carbonyl (C=O) groups excluding carboxylic acids is 1. The van der Waals surface area contributed by atoms with Crippen LogP contribution in [0.3, 0.4) is 0 Å². The van der Waals surface area contributed by atoms with Crippen molar-refractivity contribution in [2.75, 3.05) is 22.7 Å². The van der Waals surface area contributed by atoms with E-state index in [9.17, 15) is 23.1 Å². The third kappa shape index (κ3) is 4.62. The Kier molecular flexibility index (Phi) is 6.17. The molecule has 1 aromatic heterocycles. The van der Waals surface area contributed by atoms with Gasteiger partial charge in [-0.05, 0) is 39.0 Å². The minimum atomic E-state index is -3.95. The highest BCUT2D eigenvalue weighted by atomic mass is 32.2. The number of hydrogen-bond donors (Lipinski definition) is 2. The Bertz CT molecular complexity index is 951. The van der Waals surface area contributed by atoms with Gasteiger partial charge in [-0.3, -0.25) is 9.52 Å². The number of benzene rings is 1. The normalized spacial score (nSPS) is 11.1. The van der Waals surface area contributed by atoms with Gasteiger partial charge in [0.05, 0.1) is 16.8 Å². The molecule has 2 aromatic rings. The van der Waals surface area contributed by atoms with Gasteiger partial charge in [-0.1, -0.05) is 12.1 Å². The van der Waals surface area contributed by atoms with E-state index in [1.165, 1.54) is 43.5 Å². The van der Waals surface area contributed by atoms with E-state index in [1.54, 1.807) is 4.90 Å². The standard InChI is InChI=1S/C18H21N3O5S/c1-4-21(5-2)17-16(18(23)24)10-14(11-19-17)20-27(25,26)15-8-6-13(7-9-15)12(3)22/h6-11,20H,4-5H2,1-3H3,(H,23,24). The van der Waals surface area contributed by atoms with E-state index in [1.807, 2.05) is 13.8 Å². The number of carbonyl (C=O) groups is 2. The Morgan fingerprint density at radius 3 is 2.22 bits per heavy atom. The predicted octanol–water partition coefficient (Wildman–Crippen LogP) is 2.63. The van der Waals surface area contributed by atoms with E-state index < -0.39 is 16.0 Å². The van der Waals surface area contributed by atoms with Crippen molar-refractivity contribution in [3.8, 4) is 0 Å². The van der Waals surface area contributed by atoms with Gasteiger partial charge in [0.25, 0.3) is 10.0 Å². The largest absolute Gasteiger partial charge is 0.478 e. The molecule has 0 amide bonds. The molecule has 27 heavy (non-hydrogen) atoms. The number of sulfonamides is 1. The zero-order valence-electron chi connectivity index (χ0n) is 15.3. The van der Waals surface area contributed by atoms with Crippen molar-refractivity contribution in [2.45, 2.75) is 25.7 Å². The molecule has 144 valence electrons. The molecule has 0 saturated heterocycles. The molecule has 0 aliphatic heterocycles. The lowest BCUT2D eigenvalue weighted by molar-refractivity contribution is 0.0697. The first kappa shape index (κ1) is 20.4. The van der Waals surface area contributed by atoms with Crippen LogP contribution in [-0.4, -0.2) is 43.4 Å². The SMILES string of the molecule is CCN(CC)c1ncc(NS(=O)(=O)c2ccc(C(C)=O)cc2)cc1C(=O)O. The number of rotatable bonds is 8. The van der Waals surface area contributed by atoms with Gasteiger partial charge < -0.3 is 10.0 Å². The van der Waals surface area contributed by atoms with Gasteiger partial charge in [0.2, 0.25) is 0 Å². The summed E-state index contributed by atoms with van der Waals surface area (Å²) < 4.78 is 27.4. The first-order valence-corrected chi connectivity index (χ1v) is 9.80. The third-order valence-corrected chi connectivity index (χ3v) is 5.38. The smallest absolute Gasteiger partial charge is 0.339 e. The molecule has 0 atom stereocenters. The number of pyridine rings is 1. The number of Topliss-reactive ketones (excluding diaryl/α,β-unsaturated/α-hetero) is 1. The molecule has 1 aromatic carbocycles. The molecule has 0 aliphatic carbocycles. The van der Waals surface area contributed by atoms with Gasteiger partial charge in [0, 0.05) is 18.7 Å². The number of carboxylic acids is 1. The van der Waals surface area contributed by atoms with Crippen LogP contribution in [0.15, 0.2) is 41.4 Å². The van der Waals surface area contributed by atoms with Crippen molar-refractivity contribution in [1.82, 2.24) is 4.98 Å². The van der Waals surface area contributed by atoms with Gasteiger partial charge in [-0.2, -0.15) is 0 Å². The average Bonchev–Trinajstić information content (AvgIpc) is 2.63. The van der Waals surface area contributed by atoms with Crippen LogP contribution in [0.4, 0.5) is 11.5 Å². The van der Waals surface area contributed by atoms with Crippen LogP contribution in [-0.2, 0) is 10.0 Å². The summed E-state index contributed by atoms with van der Waals surface area (Å²) in [5.74, 6) is -1.09. The molecule has 8 nitrogen and oxygen atoms in total. The van der Waals surface area contributed by atoms with E-state index in [0.29, 0.717) is 18.7 Å². The van der Waals surface area contributed by atoms with Crippen LogP contribution in [0.5, 0.6) is 0 Å². The van der Waals surface area contributed by atoms with Crippen LogP contribution in [0, 0.1) is 0 Å². The van der Waals surface area contributed by atoms with E-state index in [2.05, 4.69) is 9.71 Å². The molecule has 0 unspecified atom stereocenters. The number of ketones is 1. The molecular weight excluding hydrogens is 370 g/mol. The fourth-order valence-electron chi connectivity index (χ4n) is 2.53. The fraction of sp³-hybridized carbons (Fsp3) is 0.278. The summed E-state index contributed by atoms with van der Waals surface area (Å²) in [6, 6.07) is 6.71. The topological polar surface area (TPSA) is 117 Å². The minimum absolute atomic E-state index is 0.0407. The summed E-state index contributed by atoms with van der Waals surface area (Å²) in [7, 11) is -3.95. The van der Waals surface area contributed by atoms with E-state index in [0.717, 1.165) is 0 Å². The van der Waals surface area contributed by atoms with Crippen LogP contribution < -0.4 is 9.62 Å². The molecule has 0 spiro atoms. The highest BCUT2D eigenvalue weighted by Crippen LogP contribution is 2.23. The quantitative estimate of drug-likeness (QED) is 0.664. The Labute approximate surface area is 157 Å². The van der Waals surface area contributed by atoms with Crippen molar-refractivity contribution < 1.29 is 23.1 Å². The van der Waals surface area contributed by atoms with Crippen LogP contribution in [0.2, 0.25) is 0 Å². The van der Waals surface area contributed by atoms with E-state index in [-0.39, 0.29) is 27.7 Å². The van der Waals surface area contributed by atoms with Crippen molar-refractivity contribution in [2.24, 2.45) is 0 Å². The van der Waals surface area contributed by atoms with Crippen molar-refractivity contribution in [3.63, 3.8) is 0 Å². The number of anilines is 2. The second kappa shape index (κ2) is 8.17. The number of aromatic carboxylic acids is 1. The lowest BCUT2D eigenvalue weighted by Gasteiger charge is -2.22. The van der Waals surface area contributed by atoms with Crippen molar-refractivity contribution in [3.05, 3.63) is 47.7 Å². The number of aromatic nitrogens is 1. The average molecular weight is 391 g/mol. The molecule has 0 aliphatic rings. The molecule has 0 bridgehead atoms. The summed E-state index contributed by atoms with van der Waals surface area (Å²) >= 11 is 0. The Morgan fingerprint density at radius 1 is 1.15 bits per heavy atom. The molecule has 0 fully saturated rings. The maximum atomic E-state index is 12.5. The van der Waals surface area contributed by atoms with E-state index >= 15 is 0 Å². The first-order chi connectivity index (χ1) is 12.7. The fourth-order valence-corrected chi connectivity index (χ4v) is 3.56. The molecule has 2 rings (SSSR count). The molecule has 0 saturated carbocycles. The predicted molar refractivity (Wildman–Crippen MR) is 102 cm³/mol. The monoisotopic (exact) mass is 391 g/mol. The Hall–Kier alpha value is -2.94. The molecule has 0 radical (unpaired) electrons. The maximum Gasteiger partial charge on any atom is 0.339 e. The maximum absolute atomic E-state index is 12.5. The summed E-state index contributed by atoms with van der Waals surface area (Å²) in [5, 5.41) is 9.45. The lowest BCUT2D eigenvalue weighted by atomic mass is 10.2. The van der Waals surface area contributed by atoms with Gasteiger partial charge in [0.1, 0.15) is 11.4 Å². The highest BCUT2D eigenvalue weighted by molar-refractivity contribution is 7.92. The molecule has 2 N–H and O–H groups in total. The summed E-state index contributed by atoms with van der Waals surface area (Å²) in [5.41, 5.74) is 0.345. The zero-order valence-corrected chi connectivity index (χ0v) is 16.1. The second-order valence-corrected chi connectivity index (χ2v) is 7.44. The summed E-state index contributed by atoms with van der Waals surface area (Å²) in [6.45, 7) is 6.27. The Balaban J connectivity index is 2.36. The van der Waals surface area contributed by atoms with Gasteiger partial charge in [-0.25, -0.2) is 18.2 Å². The Morgan fingerprint density at radius 2 is 1.74 bits per heavy atom. The summed E-state index contributed by atoms with van der Waals surface area (Å²) in [4.78, 5) is 28.7. The van der Waals surface area contributed by atoms with Crippen LogP contribution in [0.25, 0.3) is 0 Å². The third-order valence-electron chi connectivity index (χ3n) is 3.98. The van der Waals surface area contributed by atoms with Crippen LogP contribution >= 0.6 is 0 Å². The first-order valence-electron chi connectivity index (χ1n) is 8.31. The lowest BCUT2D eigenvalue weighted by Crippen LogP contribution is -2.25. The highest BCUT2D eigenvalue weighted by Gasteiger charge is 2.20. The number of hydrogen-bond acceptors (Lipinski definition) is 6. The molecular formula is C18H21N3O5S. The minimum Gasteiger partial charge on any atom is -0.478 e. The number of nitrogens with zero attached hydrogens (tertiary/aromatic N) is 2. The zero-order chi connectivity index (χ0) is 20.2. The second-order valence-electron chi connectivity index (χ2n) is 5.76. The van der Waals surface area contributed by atoms with Crippen LogP contribution in [0.1, 0.15) is 41.5 Å². The van der Waals surface area contributed by atoms with Gasteiger partial charge >= 0.3 is 5.97 Å². The van der Waals surface area contributed by atoms with E-state index in [4.69, 9.17) is 0 Å². The number of nitrogens with one attached hydrogen (secondary N) is 1.